The summed E-state index contributed by atoms with van der Waals surface area (Å²) in [4.78, 5) is 0. The molecule has 1 fully saturated rings. The molecule has 0 amide bonds. The van der Waals surface area contributed by atoms with Gasteiger partial charge >= 0.3 is 0 Å². The van der Waals surface area contributed by atoms with E-state index in [4.69, 9.17) is 5.26 Å². The van der Waals surface area contributed by atoms with Crippen LogP contribution in [0.15, 0.2) is 12.3 Å². The van der Waals surface area contributed by atoms with Gasteiger partial charge in [0.2, 0.25) is 0 Å². The first-order chi connectivity index (χ1) is 8.85. The Morgan fingerprint density at radius 2 is 2.22 bits per heavy atom. The van der Waals surface area contributed by atoms with Crippen molar-refractivity contribution in [3.8, 4) is 6.07 Å². The molecule has 96 valence electrons. The zero-order chi connectivity index (χ0) is 12.8. The van der Waals surface area contributed by atoms with Crippen molar-refractivity contribution in [2.24, 2.45) is 5.92 Å². The Labute approximate surface area is 108 Å². The Bertz CT molecular complexity index is 418. The molecule has 4 nitrogen and oxygen atoms in total. The van der Waals surface area contributed by atoms with Gasteiger partial charge in [-0.05, 0) is 31.2 Å². The normalized spacial score (nSPS) is 18.0. The monoisotopic (exact) mass is 244 g/mol. The van der Waals surface area contributed by atoms with Gasteiger partial charge in [0, 0.05) is 6.04 Å². The molecule has 1 atom stereocenters. The first-order valence-corrected chi connectivity index (χ1v) is 6.83. The van der Waals surface area contributed by atoms with Crippen LogP contribution in [0.4, 0.5) is 5.82 Å². The van der Waals surface area contributed by atoms with E-state index in [0.717, 1.165) is 6.42 Å². The number of aromatic nitrogens is 2. The molecule has 0 aromatic carbocycles. The molecular formula is C14H20N4. The summed E-state index contributed by atoms with van der Waals surface area (Å²) in [5, 5.41) is 20.4. The van der Waals surface area contributed by atoms with Gasteiger partial charge in [0.25, 0.3) is 0 Å². The maximum Gasteiger partial charge on any atom is 0.166 e. The van der Waals surface area contributed by atoms with Crippen molar-refractivity contribution in [2.45, 2.75) is 51.5 Å². The van der Waals surface area contributed by atoms with E-state index in [1.807, 2.05) is 0 Å². The van der Waals surface area contributed by atoms with Crippen LogP contribution in [0.5, 0.6) is 0 Å². The van der Waals surface area contributed by atoms with E-state index < -0.39 is 0 Å². The molecule has 1 saturated carbocycles. The van der Waals surface area contributed by atoms with Crippen molar-refractivity contribution >= 4 is 5.82 Å². The summed E-state index contributed by atoms with van der Waals surface area (Å²) in [5.74, 6) is 1.34. The summed E-state index contributed by atoms with van der Waals surface area (Å²) >= 11 is 0. The van der Waals surface area contributed by atoms with Crippen LogP contribution >= 0.6 is 0 Å². The molecule has 1 N–H and O–H groups in total. The van der Waals surface area contributed by atoms with Gasteiger partial charge in [0.15, 0.2) is 5.82 Å². The van der Waals surface area contributed by atoms with E-state index in [-0.39, 0.29) is 0 Å². The number of rotatable bonds is 4. The van der Waals surface area contributed by atoms with Gasteiger partial charge in [-0.15, -0.1) is 5.10 Å². The minimum Gasteiger partial charge on any atom is -0.364 e. The van der Waals surface area contributed by atoms with Crippen LogP contribution in [0, 0.1) is 17.2 Å². The molecule has 18 heavy (non-hydrogen) atoms. The first-order valence-electron chi connectivity index (χ1n) is 6.83. The third kappa shape index (κ3) is 2.98. The second kappa shape index (κ2) is 6.34. The maximum atomic E-state index is 9.06. The summed E-state index contributed by atoms with van der Waals surface area (Å²) in [5.41, 5.74) is 0.583. The van der Waals surface area contributed by atoms with Crippen molar-refractivity contribution in [1.29, 1.82) is 5.26 Å². The van der Waals surface area contributed by atoms with Crippen molar-refractivity contribution in [3.05, 3.63) is 17.8 Å². The Balaban J connectivity index is 2.07. The maximum absolute atomic E-state index is 9.06. The van der Waals surface area contributed by atoms with E-state index >= 15 is 0 Å². The summed E-state index contributed by atoms with van der Waals surface area (Å²) < 4.78 is 0. The van der Waals surface area contributed by atoms with Crippen LogP contribution in [-0.4, -0.2) is 16.2 Å². The molecule has 0 aliphatic heterocycles. The number of nitrogens with zero attached hydrogens (tertiary/aromatic N) is 3. The molecule has 1 heterocycles. The molecule has 1 aliphatic carbocycles. The van der Waals surface area contributed by atoms with Crippen molar-refractivity contribution in [1.82, 2.24) is 10.2 Å². The zero-order valence-electron chi connectivity index (χ0n) is 10.9. The smallest absolute Gasteiger partial charge is 0.166 e. The second-order valence-corrected chi connectivity index (χ2v) is 4.96. The first kappa shape index (κ1) is 12.8. The lowest BCUT2D eigenvalue weighted by atomic mass is 9.83. The van der Waals surface area contributed by atoms with E-state index in [1.54, 1.807) is 12.3 Å². The summed E-state index contributed by atoms with van der Waals surface area (Å²) in [7, 11) is 0. The highest BCUT2D eigenvalue weighted by Gasteiger charge is 2.23. The number of hydrogen-bond donors (Lipinski definition) is 1. The number of hydrogen-bond acceptors (Lipinski definition) is 4. The van der Waals surface area contributed by atoms with E-state index in [2.05, 4.69) is 28.5 Å². The van der Waals surface area contributed by atoms with Crippen molar-refractivity contribution < 1.29 is 0 Å². The van der Waals surface area contributed by atoms with Gasteiger partial charge in [-0.3, -0.25) is 0 Å². The van der Waals surface area contributed by atoms with Crippen molar-refractivity contribution in [2.75, 3.05) is 5.32 Å². The topological polar surface area (TPSA) is 61.6 Å². The molecule has 1 aromatic heterocycles. The largest absolute Gasteiger partial charge is 0.364 e. The number of nitrogens with one attached hydrogen (secondary N) is 1. The van der Waals surface area contributed by atoms with E-state index in [0.29, 0.717) is 23.3 Å². The predicted octanol–water partition coefficient (Wildman–Crippen LogP) is 3.12. The standard InChI is InChI=1S/C14H20N4/c1-2-13(11-6-4-3-5-7-11)17-14-12(10-15)8-9-16-18-14/h8-9,11,13H,2-7H2,1H3,(H,17,18). The highest BCUT2D eigenvalue weighted by Crippen LogP contribution is 2.29. The number of anilines is 1. The van der Waals surface area contributed by atoms with Gasteiger partial charge in [0.1, 0.15) is 6.07 Å². The molecule has 0 saturated heterocycles. The zero-order valence-corrected chi connectivity index (χ0v) is 10.9. The summed E-state index contributed by atoms with van der Waals surface area (Å²) in [6.45, 7) is 2.19. The Hall–Kier alpha value is -1.63. The Morgan fingerprint density at radius 3 is 2.89 bits per heavy atom. The lowest BCUT2D eigenvalue weighted by Gasteiger charge is -2.30. The molecule has 0 spiro atoms. The third-order valence-corrected chi connectivity index (χ3v) is 3.82. The van der Waals surface area contributed by atoms with Crippen molar-refractivity contribution in [3.63, 3.8) is 0 Å². The van der Waals surface area contributed by atoms with Gasteiger partial charge in [-0.1, -0.05) is 26.2 Å². The molecule has 1 unspecified atom stereocenters. The summed E-state index contributed by atoms with van der Waals surface area (Å²) in [6.07, 6.45) is 9.21. The van der Waals surface area contributed by atoms with E-state index in [1.165, 1.54) is 32.1 Å². The average Bonchev–Trinajstić information content (AvgIpc) is 2.46. The third-order valence-electron chi connectivity index (χ3n) is 3.82. The van der Waals surface area contributed by atoms with Crippen LogP contribution < -0.4 is 5.32 Å². The molecule has 2 rings (SSSR count). The molecule has 4 heteroatoms. The lowest BCUT2D eigenvalue weighted by molar-refractivity contribution is 0.312. The van der Waals surface area contributed by atoms with Gasteiger partial charge in [-0.25, -0.2) is 0 Å². The Kier molecular flexibility index (Phi) is 4.52. The van der Waals surface area contributed by atoms with Crippen LogP contribution in [0.25, 0.3) is 0 Å². The average molecular weight is 244 g/mol. The quantitative estimate of drug-likeness (QED) is 0.884. The fourth-order valence-electron chi connectivity index (χ4n) is 2.79. The van der Waals surface area contributed by atoms with E-state index in [9.17, 15) is 0 Å². The highest BCUT2D eigenvalue weighted by molar-refractivity contribution is 5.50. The minimum absolute atomic E-state index is 0.411. The Morgan fingerprint density at radius 1 is 1.44 bits per heavy atom. The predicted molar refractivity (Wildman–Crippen MR) is 71.0 cm³/mol. The van der Waals surface area contributed by atoms with Gasteiger partial charge in [0.05, 0.1) is 11.8 Å². The van der Waals surface area contributed by atoms with Gasteiger partial charge < -0.3 is 5.32 Å². The van der Waals surface area contributed by atoms with Crippen LogP contribution in [0.3, 0.4) is 0 Å². The minimum atomic E-state index is 0.411. The molecular weight excluding hydrogens is 224 g/mol. The SMILES string of the molecule is CCC(Nc1nnccc1C#N)C1CCCCC1. The van der Waals surface area contributed by atoms with Crippen LogP contribution in [0.1, 0.15) is 51.0 Å². The van der Waals surface area contributed by atoms with Crippen LogP contribution in [0.2, 0.25) is 0 Å². The lowest BCUT2D eigenvalue weighted by Crippen LogP contribution is -2.30. The summed E-state index contributed by atoms with van der Waals surface area (Å²) in [6, 6.07) is 4.29. The molecule has 0 radical (unpaired) electrons. The van der Waals surface area contributed by atoms with Crippen LogP contribution in [-0.2, 0) is 0 Å². The molecule has 0 bridgehead atoms. The number of nitriles is 1. The highest BCUT2D eigenvalue weighted by atomic mass is 15.2. The second-order valence-electron chi connectivity index (χ2n) is 4.96. The fraction of sp³-hybridized carbons (Fsp3) is 0.643. The van der Waals surface area contributed by atoms with Gasteiger partial charge in [-0.2, -0.15) is 10.4 Å². The fourth-order valence-corrected chi connectivity index (χ4v) is 2.79. The molecule has 1 aromatic rings. The molecule has 1 aliphatic rings.